The zero-order chi connectivity index (χ0) is 15.4. The van der Waals surface area contributed by atoms with E-state index < -0.39 is 5.97 Å². The summed E-state index contributed by atoms with van der Waals surface area (Å²) in [5, 5.41) is 0. The molecule has 2 atom stereocenters. The van der Waals surface area contributed by atoms with Crippen LogP contribution in [0.5, 0.6) is 0 Å². The van der Waals surface area contributed by atoms with Crippen LogP contribution in [-0.2, 0) is 19.1 Å². The lowest BCUT2D eigenvalue weighted by atomic mass is 9.81. The van der Waals surface area contributed by atoms with Gasteiger partial charge in [0.15, 0.2) is 0 Å². The molecule has 0 saturated carbocycles. The fraction of sp³-hybridized carbons (Fsp3) is 0.412. The zero-order valence-electron chi connectivity index (χ0n) is 12.6. The van der Waals surface area contributed by atoms with E-state index in [0.29, 0.717) is 24.4 Å². The van der Waals surface area contributed by atoms with E-state index in [2.05, 4.69) is 0 Å². The minimum atomic E-state index is -0.400. The third-order valence-corrected chi connectivity index (χ3v) is 3.76. The van der Waals surface area contributed by atoms with Crippen LogP contribution in [0.3, 0.4) is 0 Å². The highest BCUT2D eigenvalue weighted by atomic mass is 16.6. The highest BCUT2D eigenvalue weighted by Gasteiger charge is 2.39. The van der Waals surface area contributed by atoms with Crippen molar-refractivity contribution in [2.24, 2.45) is 11.8 Å². The van der Waals surface area contributed by atoms with Crippen molar-refractivity contribution >= 4 is 17.7 Å². The van der Waals surface area contributed by atoms with Crippen LogP contribution in [0.1, 0.15) is 32.8 Å². The smallest absolute Gasteiger partial charge is 0.338 e. The largest absolute Gasteiger partial charge is 0.463 e. The molecule has 0 aliphatic carbocycles. The third kappa shape index (κ3) is 2.99. The number of benzene rings is 1. The maximum atomic E-state index is 12.3. The summed E-state index contributed by atoms with van der Waals surface area (Å²) in [5.41, 5.74) is 1.19. The first-order valence-corrected chi connectivity index (χ1v) is 7.28. The molecule has 112 valence electrons. The molecule has 1 aliphatic rings. The molecule has 1 aromatic carbocycles. The molecule has 1 heterocycles. The zero-order valence-corrected chi connectivity index (χ0v) is 12.6. The molecule has 0 saturated heterocycles. The quantitative estimate of drug-likeness (QED) is 0.798. The van der Waals surface area contributed by atoms with Gasteiger partial charge in [-0.3, -0.25) is 4.79 Å². The van der Waals surface area contributed by atoms with Gasteiger partial charge in [-0.2, -0.15) is 0 Å². The average molecular weight is 288 g/mol. The van der Waals surface area contributed by atoms with E-state index in [0.717, 1.165) is 5.56 Å². The summed E-state index contributed by atoms with van der Waals surface area (Å²) >= 11 is 0. The Bertz CT molecular complexity index is 559. The van der Waals surface area contributed by atoms with Gasteiger partial charge in [0.05, 0.1) is 18.1 Å². The lowest BCUT2D eigenvalue weighted by Gasteiger charge is -2.30. The molecule has 0 spiro atoms. The van der Waals surface area contributed by atoms with Crippen molar-refractivity contribution in [2.45, 2.75) is 27.2 Å². The number of carbonyl (C=O) groups excluding carboxylic acids is 2. The van der Waals surface area contributed by atoms with Crippen molar-refractivity contribution in [3.8, 4) is 0 Å². The number of ether oxygens (including phenoxy) is 2. The first-order chi connectivity index (χ1) is 10.1. The Morgan fingerprint density at radius 3 is 2.48 bits per heavy atom. The SMILES string of the molecule is CCOC(=O)C1=C(c2ccccc2)OC(=O)[C@H](C)[C@H]1CC. The molecule has 4 nitrogen and oxygen atoms in total. The van der Waals surface area contributed by atoms with E-state index in [-0.39, 0.29) is 17.8 Å². The number of rotatable bonds is 4. The van der Waals surface area contributed by atoms with Crippen molar-refractivity contribution < 1.29 is 19.1 Å². The molecular weight excluding hydrogens is 268 g/mol. The average Bonchev–Trinajstić information content (AvgIpc) is 2.50. The molecule has 0 N–H and O–H groups in total. The van der Waals surface area contributed by atoms with Crippen molar-refractivity contribution in [2.75, 3.05) is 6.61 Å². The van der Waals surface area contributed by atoms with Gasteiger partial charge in [0.1, 0.15) is 5.76 Å². The van der Waals surface area contributed by atoms with Crippen molar-refractivity contribution in [3.05, 3.63) is 41.5 Å². The van der Waals surface area contributed by atoms with Crippen LogP contribution in [0, 0.1) is 11.8 Å². The topological polar surface area (TPSA) is 52.6 Å². The summed E-state index contributed by atoms with van der Waals surface area (Å²) in [7, 11) is 0. The van der Waals surface area contributed by atoms with Gasteiger partial charge in [0.25, 0.3) is 0 Å². The van der Waals surface area contributed by atoms with Crippen LogP contribution < -0.4 is 0 Å². The summed E-state index contributed by atoms with van der Waals surface area (Å²) in [6, 6.07) is 9.21. The highest BCUT2D eigenvalue weighted by Crippen LogP contribution is 2.38. The number of esters is 2. The van der Waals surface area contributed by atoms with Gasteiger partial charge in [-0.25, -0.2) is 4.79 Å². The number of hydrogen-bond donors (Lipinski definition) is 0. The molecular formula is C17H20O4. The molecule has 2 rings (SSSR count). The molecule has 21 heavy (non-hydrogen) atoms. The predicted octanol–water partition coefficient (Wildman–Crippen LogP) is 3.18. The van der Waals surface area contributed by atoms with Gasteiger partial charge in [-0.05, 0) is 13.3 Å². The van der Waals surface area contributed by atoms with Gasteiger partial charge in [-0.15, -0.1) is 0 Å². The Labute approximate surface area is 124 Å². The molecule has 0 fully saturated rings. The van der Waals surface area contributed by atoms with Gasteiger partial charge >= 0.3 is 11.9 Å². The minimum Gasteiger partial charge on any atom is -0.463 e. The normalized spacial score (nSPS) is 22.0. The Balaban J connectivity index is 2.57. The first kappa shape index (κ1) is 15.3. The van der Waals surface area contributed by atoms with Gasteiger partial charge < -0.3 is 9.47 Å². The highest BCUT2D eigenvalue weighted by molar-refractivity contribution is 6.01. The molecule has 0 amide bonds. The summed E-state index contributed by atoms with van der Waals surface area (Å²) in [6.45, 7) is 5.81. The lowest BCUT2D eigenvalue weighted by Crippen LogP contribution is -2.33. The van der Waals surface area contributed by atoms with E-state index in [1.54, 1.807) is 13.8 Å². The van der Waals surface area contributed by atoms with Gasteiger partial charge in [0, 0.05) is 11.5 Å². The second kappa shape index (κ2) is 6.57. The molecule has 1 aromatic rings. The van der Waals surface area contributed by atoms with Crippen molar-refractivity contribution in [1.82, 2.24) is 0 Å². The maximum Gasteiger partial charge on any atom is 0.338 e. The van der Waals surface area contributed by atoms with Crippen molar-refractivity contribution in [1.29, 1.82) is 0 Å². The first-order valence-electron chi connectivity index (χ1n) is 7.28. The molecule has 0 bridgehead atoms. The number of cyclic esters (lactones) is 1. The standard InChI is InChI=1S/C17H20O4/c1-4-13-11(3)16(18)21-15(12-9-7-6-8-10-12)14(13)17(19)20-5-2/h6-11,13H,4-5H2,1-3H3/t11-,13-/m1/s1. The second-order valence-corrected chi connectivity index (χ2v) is 5.05. The van der Waals surface area contributed by atoms with Crippen LogP contribution in [0.2, 0.25) is 0 Å². The van der Waals surface area contributed by atoms with Crippen LogP contribution in [0.25, 0.3) is 5.76 Å². The van der Waals surface area contributed by atoms with Gasteiger partial charge in [-0.1, -0.05) is 44.2 Å². The fourth-order valence-electron chi connectivity index (χ4n) is 2.65. The molecule has 1 aliphatic heterocycles. The van der Waals surface area contributed by atoms with E-state index in [9.17, 15) is 9.59 Å². The minimum absolute atomic E-state index is 0.180. The van der Waals surface area contributed by atoms with E-state index >= 15 is 0 Å². The predicted molar refractivity (Wildman–Crippen MR) is 79.0 cm³/mol. The Kier molecular flexibility index (Phi) is 4.78. The van der Waals surface area contributed by atoms with E-state index in [1.807, 2.05) is 37.3 Å². The molecule has 0 radical (unpaired) electrons. The molecule has 4 heteroatoms. The Morgan fingerprint density at radius 2 is 1.90 bits per heavy atom. The molecule has 0 aromatic heterocycles. The van der Waals surface area contributed by atoms with E-state index in [1.165, 1.54) is 0 Å². The van der Waals surface area contributed by atoms with Crippen molar-refractivity contribution in [3.63, 3.8) is 0 Å². The second-order valence-electron chi connectivity index (χ2n) is 5.05. The third-order valence-electron chi connectivity index (χ3n) is 3.76. The molecule has 0 unspecified atom stereocenters. The summed E-state index contributed by atoms with van der Waals surface area (Å²) in [4.78, 5) is 24.4. The Hall–Kier alpha value is -2.10. The van der Waals surface area contributed by atoms with E-state index in [4.69, 9.17) is 9.47 Å². The monoisotopic (exact) mass is 288 g/mol. The van der Waals surface area contributed by atoms with Crippen LogP contribution in [0.4, 0.5) is 0 Å². The summed E-state index contributed by atoms with van der Waals surface area (Å²) < 4.78 is 10.6. The maximum absolute atomic E-state index is 12.3. The number of hydrogen-bond acceptors (Lipinski definition) is 4. The lowest BCUT2D eigenvalue weighted by molar-refractivity contribution is -0.146. The van der Waals surface area contributed by atoms with Crippen LogP contribution in [-0.4, -0.2) is 18.5 Å². The Morgan fingerprint density at radius 1 is 1.24 bits per heavy atom. The van der Waals surface area contributed by atoms with Crippen LogP contribution >= 0.6 is 0 Å². The fourth-order valence-corrected chi connectivity index (χ4v) is 2.65. The van der Waals surface area contributed by atoms with Gasteiger partial charge in [0.2, 0.25) is 0 Å². The summed E-state index contributed by atoms with van der Waals surface area (Å²) in [6.07, 6.45) is 0.681. The number of carbonyl (C=O) groups is 2. The van der Waals surface area contributed by atoms with Crippen LogP contribution in [0.15, 0.2) is 35.9 Å². The summed E-state index contributed by atoms with van der Waals surface area (Å²) in [5.74, 6) is -0.886.